The number of pyridine rings is 2. The molecule has 0 aliphatic carbocycles. The summed E-state index contributed by atoms with van der Waals surface area (Å²) in [6.07, 6.45) is 2.36. The molecule has 0 radical (unpaired) electrons. The number of hydrogen-bond donors (Lipinski definition) is 3. The quantitative estimate of drug-likeness (QED) is 0.152. The highest BCUT2D eigenvalue weighted by Gasteiger charge is 2.19. The second kappa shape index (κ2) is 14.6. The SMILES string of the molecule is COc1nc(-c2cccc(-c3cccc(-c4cc(C)c(CCCCO)c(OC)n4)c3Cl)c2Cl)ccc1CNCCO. The van der Waals surface area contributed by atoms with E-state index < -0.39 is 0 Å². The zero-order valence-electron chi connectivity index (χ0n) is 23.5. The van der Waals surface area contributed by atoms with Gasteiger partial charge >= 0.3 is 0 Å². The normalized spacial score (nSPS) is 11.1. The molecule has 7 nitrogen and oxygen atoms in total. The van der Waals surface area contributed by atoms with Crippen LogP contribution in [0.1, 0.15) is 29.5 Å². The van der Waals surface area contributed by atoms with E-state index in [1.807, 2.05) is 61.5 Å². The molecule has 216 valence electrons. The van der Waals surface area contributed by atoms with Crippen LogP contribution >= 0.6 is 23.2 Å². The number of aromatic nitrogens is 2. The highest BCUT2D eigenvalue weighted by molar-refractivity contribution is 6.39. The van der Waals surface area contributed by atoms with Gasteiger partial charge in [-0.05, 0) is 43.9 Å². The highest BCUT2D eigenvalue weighted by Crippen LogP contribution is 2.42. The van der Waals surface area contributed by atoms with Crippen molar-refractivity contribution in [2.75, 3.05) is 34.0 Å². The molecule has 0 atom stereocenters. The lowest BCUT2D eigenvalue weighted by Crippen LogP contribution is -2.18. The van der Waals surface area contributed by atoms with E-state index in [-0.39, 0.29) is 13.2 Å². The van der Waals surface area contributed by atoms with Gasteiger partial charge in [0.2, 0.25) is 11.8 Å². The van der Waals surface area contributed by atoms with Gasteiger partial charge in [0.1, 0.15) is 0 Å². The van der Waals surface area contributed by atoms with Gasteiger partial charge in [-0.1, -0.05) is 65.7 Å². The first-order valence-corrected chi connectivity index (χ1v) is 14.3. The predicted octanol–water partition coefficient (Wildman–Crippen LogP) is 6.51. The van der Waals surface area contributed by atoms with E-state index in [4.69, 9.17) is 52.9 Å². The number of unbranched alkanes of at least 4 members (excludes halogenated alkanes) is 1. The van der Waals surface area contributed by atoms with Crippen molar-refractivity contribution < 1.29 is 19.7 Å². The van der Waals surface area contributed by atoms with Crippen LogP contribution in [0.3, 0.4) is 0 Å². The first-order chi connectivity index (χ1) is 19.9. The molecule has 0 spiro atoms. The van der Waals surface area contributed by atoms with Crippen LogP contribution in [-0.2, 0) is 13.0 Å². The van der Waals surface area contributed by atoms with E-state index in [0.717, 1.165) is 58.2 Å². The fraction of sp³-hybridized carbons (Fsp3) is 0.312. The van der Waals surface area contributed by atoms with Gasteiger partial charge in [-0.25, -0.2) is 9.97 Å². The molecular weight excluding hydrogens is 561 g/mol. The van der Waals surface area contributed by atoms with Crippen LogP contribution in [0, 0.1) is 6.92 Å². The van der Waals surface area contributed by atoms with Crippen molar-refractivity contribution in [1.82, 2.24) is 15.3 Å². The fourth-order valence-electron chi connectivity index (χ4n) is 4.80. The molecule has 2 aromatic carbocycles. The summed E-state index contributed by atoms with van der Waals surface area (Å²) in [7, 11) is 3.20. The van der Waals surface area contributed by atoms with E-state index >= 15 is 0 Å². The minimum Gasteiger partial charge on any atom is -0.481 e. The smallest absolute Gasteiger partial charge is 0.218 e. The summed E-state index contributed by atoms with van der Waals surface area (Å²) in [5, 5.41) is 22.4. The molecule has 0 aliphatic heterocycles. The number of halogens is 2. The maximum Gasteiger partial charge on any atom is 0.218 e. The zero-order chi connectivity index (χ0) is 29.4. The lowest BCUT2D eigenvalue weighted by atomic mass is 9.97. The minimum atomic E-state index is 0.0555. The summed E-state index contributed by atoms with van der Waals surface area (Å²) in [5.41, 5.74) is 7.42. The van der Waals surface area contributed by atoms with Crippen LogP contribution in [0.5, 0.6) is 11.8 Å². The number of aliphatic hydroxyl groups excluding tert-OH is 2. The van der Waals surface area contributed by atoms with Crippen LogP contribution in [-0.4, -0.2) is 54.2 Å². The van der Waals surface area contributed by atoms with Crippen molar-refractivity contribution in [3.05, 3.63) is 81.3 Å². The molecule has 0 bridgehead atoms. The molecule has 0 saturated carbocycles. The lowest BCUT2D eigenvalue weighted by Gasteiger charge is -2.16. The molecule has 0 unspecified atom stereocenters. The third-order valence-corrected chi connectivity index (χ3v) is 7.73. The lowest BCUT2D eigenvalue weighted by molar-refractivity contribution is 0.284. The van der Waals surface area contributed by atoms with Gasteiger partial charge in [-0.2, -0.15) is 0 Å². The Labute approximate surface area is 251 Å². The molecule has 0 aliphatic rings. The van der Waals surface area contributed by atoms with Crippen LogP contribution in [0.25, 0.3) is 33.6 Å². The van der Waals surface area contributed by atoms with E-state index in [1.54, 1.807) is 14.2 Å². The largest absolute Gasteiger partial charge is 0.481 e. The molecule has 2 heterocycles. The van der Waals surface area contributed by atoms with E-state index in [1.165, 1.54) is 0 Å². The molecule has 9 heteroatoms. The summed E-state index contributed by atoms with van der Waals surface area (Å²) in [5.74, 6) is 1.05. The maximum absolute atomic E-state index is 9.17. The van der Waals surface area contributed by atoms with Crippen molar-refractivity contribution in [3.63, 3.8) is 0 Å². The third kappa shape index (κ3) is 7.00. The molecule has 0 fully saturated rings. The Hall–Kier alpha value is -3.20. The van der Waals surface area contributed by atoms with Gasteiger partial charge in [0.25, 0.3) is 0 Å². The van der Waals surface area contributed by atoms with Gasteiger partial charge < -0.3 is 25.0 Å². The second-order valence-electron chi connectivity index (χ2n) is 9.59. The molecular formula is C32H35Cl2N3O4. The average Bonchev–Trinajstić information content (AvgIpc) is 2.98. The van der Waals surface area contributed by atoms with Gasteiger partial charge in [-0.3, -0.25) is 0 Å². The molecule has 0 amide bonds. The van der Waals surface area contributed by atoms with Crippen molar-refractivity contribution in [1.29, 1.82) is 0 Å². The number of rotatable bonds is 13. The predicted molar refractivity (Wildman–Crippen MR) is 165 cm³/mol. The van der Waals surface area contributed by atoms with E-state index in [9.17, 15) is 0 Å². The van der Waals surface area contributed by atoms with Crippen molar-refractivity contribution in [2.45, 2.75) is 32.7 Å². The van der Waals surface area contributed by atoms with E-state index in [0.29, 0.717) is 46.3 Å². The first-order valence-electron chi connectivity index (χ1n) is 13.5. The van der Waals surface area contributed by atoms with Crippen LogP contribution in [0.2, 0.25) is 10.0 Å². The number of nitrogens with one attached hydrogen (secondary N) is 1. The zero-order valence-corrected chi connectivity index (χ0v) is 25.0. The van der Waals surface area contributed by atoms with Gasteiger partial charge in [0.15, 0.2) is 0 Å². The highest BCUT2D eigenvalue weighted by atomic mass is 35.5. The Bertz CT molecular complexity index is 1500. The van der Waals surface area contributed by atoms with Gasteiger partial charge in [0.05, 0.1) is 42.3 Å². The van der Waals surface area contributed by atoms with Gasteiger partial charge in [-0.15, -0.1) is 0 Å². The van der Waals surface area contributed by atoms with Gasteiger partial charge in [0, 0.05) is 53.1 Å². The van der Waals surface area contributed by atoms with Crippen LogP contribution < -0.4 is 14.8 Å². The van der Waals surface area contributed by atoms with E-state index in [2.05, 4.69) is 5.32 Å². The molecule has 2 aromatic heterocycles. The maximum atomic E-state index is 9.17. The van der Waals surface area contributed by atoms with Crippen molar-refractivity contribution in [3.8, 4) is 45.4 Å². The minimum absolute atomic E-state index is 0.0555. The summed E-state index contributed by atoms with van der Waals surface area (Å²) < 4.78 is 11.2. The Morgan fingerprint density at radius 3 is 1.98 bits per heavy atom. The number of hydrogen-bond acceptors (Lipinski definition) is 7. The Kier molecular flexibility index (Phi) is 11.0. The average molecular weight is 597 g/mol. The van der Waals surface area contributed by atoms with Crippen LogP contribution in [0.4, 0.5) is 0 Å². The Morgan fingerprint density at radius 1 is 0.756 bits per heavy atom. The molecule has 4 rings (SSSR count). The molecule has 4 aromatic rings. The van der Waals surface area contributed by atoms with Crippen molar-refractivity contribution in [2.24, 2.45) is 0 Å². The standard InChI is InChI=1S/C32H35Cl2N3O4/c1-20-18-28(37-32(41-3)22(20)8-4-5-16-38)26-12-7-10-24(30(26)34)23-9-6-11-25(29(23)33)27-14-13-21(19-35-15-17-39)31(36-27)40-2/h6-7,9-14,18,35,38-39H,4-5,8,15-17,19H2,1-3H3. The fourth-order valence-corrected chi connectivity index (χ4v) is 5.45. The molecule has 41 heavy (non-hydrogen) atoms. The number of benzene rings is 2. The second-order valence-corrected chi connectivity index (χ2v) is 10.3. The topological polar surface area (TPSA) is 96.7 Å². The Morgan fingerprint density at radius 2 is 1.37 bits per heavy atom. The number of nitrogens with zero attached hydrogens (tertiary/aromatic N) is 2. The monoisotopic (exact) mass is 595 g/mol. The molecule has 0 saturated heterocycles. The van der Waals surface area contributed by atoms with Crippen molar-refractivity contribution >= 4 is 23.2 Å². The number of ether oxygens (including phenoxy) is 2. The summed E-state index contributed by atoms with van der Waals surface area (Å²) >= 11 is 14.0. The molecule has 3 N–H and O–H groups in total. The summed E-state index contributed by atoms with van der Waals surface area (Å²) in [6.45, 7) is 3.26. The first kappa shape index (κ1) is 30.8. The van der Waals surface area contributed by atoms with Crippen LogP contribution in [0.15, 0.2) is 54.6 Å². The summed E-state index contributed by atoms with van der Waals surface area (Å²) in [6, 6.07) is 17.5. The third-order valence-electron chi connectivity index (χ3n) is 6.91. The number of aryl methyl sites for hydroxylation is 1. The summed E-state index contributed by atoms with van der Waals surface area (Å²) in [4.78, 5) is 9.50. The number of methoxy groups -OCH3 is 2. The number of aliphatic hydroxyl groups is 2. The Balaban J connectivity index is 1.72.